The van der Waals surface area contributed by atoms with Crippen molar-refractivity contribution in [3.05, 3.63) is 28.8 Å². The van der Waals surface area contributed by atoms with Crippen LogP contribution in [0.25, 0.3) is 0 Å². The fourth-order valence-electron chi connectivity index (χ4n) is 2.15. The van der Waals surface area contributed by atoms with Gasteiger partial charge in [0.15, 0.2) is 6.10 Å². The third kappa shape index (κ3) is 3.64. The van der Waals surface area contributed by atoms with E-state index in [1.54, 1.807) is 11.0 Å². The molecule has 110 valence electrons. The van der Waals surface area contributed by atoms with E-state index in [-0.39, 0.29) is 5.91 Å². The highest BCUT2D eigenvalue weighted by Gasteiger charge is 2.26. The second kappa shape index (κ2) is 6.95. The summed E-state index contributed by atoms with van der Waals surface area (Å²) in [6, 6.07) is 5.57. The number of benzene rings is 1. The van der Waals surface area contributed by atoms with E-state index in [1.807, 2.05) is 26.0 Å². The van der Waals surface area contributed by atoms with E-state index in [0.29, 0.717) is 43.5 Å². The maximum atomic E-state index is 12.4. The number of rotatable bonds is 4. The summed E-state index contributed by atoms with van der Waals surface area (Å²) >= 11 is 6.12. The van der Waals surface area contributed by atoms with Crippen LogP contribution in [-0.4, -0.2) is 43.2 Å². The molecule has 0 aliphatic carbocycles. The van der Waals surface area contributed by atoms with Gasteiger partial charge in [0.05, 0.1) is 18.2 Å². The Morgan fingerprint density at radius 3 is 2.80 bits per heavy atom. The molecule has 1 aromatic carbocycles. The quantitative estimate of drug-likeness (QED) is 0.857. The molecular formula is C15H20ClNO3. The van der Waals surface area contributed by atoms with Gasteiger partial charge in [-0.3, -0.25) is 4.79 Å². The third-order valence-corrected chi connectivity index (χ3v) is 3.64. The summed E-state index contributed by atoms with van der Waals surface area (Å²) in [5, 5.41) is 0.531. The Kier molecular flexibility index (Phi) is 5.26. The van der Waals surface area contributed by atoms with Crippen LogP contribution in [0.3, 0.4) is 0 Å². The summed E-state index contributed by atoms with van der Waals surface area (Å²) in [6.45, 7) is 6.34. The van der Waals surface area contributed by atoms with Gasteiger partial charge in [0, 0.05) is 13.1 Å². The summed E-state index contributed by atoms with van der Waals surface area (Å²) in [5.41, 5.74) is 1.05. The normalized spacial score (nSPS) is 16.9. The van der Waals surface area contributed by atoms with E-state index < -0.39 is 6.10 Å². The lowest BCUT2D eigenvalue weighted by molar-refractivity contribution is -0.142. The Morgan fingerprint density at radius 1 is 1.45 bits per heavy atom. The van der Waals surface area contributed by atoms with Crippen LogP contribution in [0.1, 0.15) is 18.9 Å². The van der Waals surface area contributed by atoms with Gasteiger partial charge in [-0.05, 0) is 31.0 Å². The van der Waals surface area contributed by atoms with Crippen LogP contribution >= 0.6 is 11.6 Å². The maximum absolute atomic E-state index is 12.4. The van der Waals surface area contributed by atoms with Crippen molar-refractivity contribution in [2.75, 3.05) is 26.3 Å². The summed E-state index contributed by atoms with van der Waals surface area (Å²) < 4.78 is 11.1. The van der Waals surface area contributed by atoms with E-state index in [2.05, 4.69) is 0 Å². The number of amides is 1. The average Bonchev–Trinajstić information content (AvgIpc) is 2.48. The lowest BCUT2D eigenvalue weighted by Gasteiger charge is -2.30. The Hall–Kier alpha value is -1.26. The lowest BCUT2D eigenvalue weighted by Crippen LogP contribution is -2.47. The van der Waals surface area contributed by atoms with Crippen molar-refractivity contribution in [3.8, 4) is 5.75 Å². The molecule has 0 unspecified atom stereocenters. The zero-order chi connectivity index (χ0) is 14.5. The van der Waals surface area contributed by atoms with Crippen LogP contribution in [0.2, 0.25) is 5.02 Å². The molecule has 1 fully saturated rings. The topological polar surface area (TPSA) is 38.8 Å². The molecule has 1 saturated heterocycles. The molecule has 0 saturated carbocycles. The first-order chi connectivity index (χ1) is 9.61. The van der Waals surface area contributed by atoms with Gasteiger partial charge in [0.25, 0.3) is 5.91 Å². The smallest absolute Gasteiger partial charge is 0.263 e. The van der Waals surface area contributed by atoms with E-state index in [4.69, 9.17) is 21.1 Å². The fraction of sp³-hybridized carbons (Fsp3) is 0.533. The van der Waals surface area contributed by atoms with Crippen LogP contribution < -0.4 is 4.74 Å². The minimum atomic E-state index is -0.493. The molecule has 1 amide bonds. The summed E-state index contributed by atoms with van der Waals surface area (Å²) in [7, 11) is 0. The molecule has 20 heavy (non-hydrogen) atoms. The summed E-state index contributed by atoms with van der Waals surface area (Å²) in [4.78, 5) is 14.2. The average molecular weight is 298 g/mol. The van der Waals surface area contributed by atoms with Gasteiger partial charge in [-0.15, -0.1) is 0 Å². The Morgan fingerprint density at radius 2 is 2.15 bits per heavy atom. The number of hydrogen-bond acceptors (Lipinski definition) is 3. The van der Waals surface area contributed by atoms with Crippen molar-refractivity contribution >= 4 is 17.5 Å². The molecule has 5 heteroatoms. The van der Waals surface area contributed by atoms with Gasteiger partial charge < -0.3 is 14.4 Å². The number of morpholine rings is 1. The van der Waals surface area contributed by atoms with Crippen molar-refractivity contribution in [1.29, 1.82) is 0 Å². The second-order valence-electron chi connectivity index (χ2n) is 4.89. The Balaban J connectivity index is 2.07. The summed E-state index contributed by atoms with van der Waals surface area (Å²) in [5.74, 6) is 0.577. The van der Waals surface area contributed by atoms with Gasteiger partial charge >= 0.3 is 0 Å². The number of carbonyl (C=O) groups excluding carboxylic acids is 1. The van der Waals surface area contributed by atoms with E-state index in [9.17, 15) is 4.79 Å². The predicted molar refractivity (Wildman–Crippen MR) is 78.3 cm³/mol. The van der Waals surface area contributed by atoms with Crippen LogP contribution in [0.4, 0.5) is 0 Å². The molecule has 1 aliphatic rings. The number of hydrogen-bond donors (Lipinski definition) is 0. The molecule has 0 N–H and O–H groups in total. The highest BCUT2D eigenvalue weighted by atomic mass is 35.5. The van der Waals surface area contributed by atoms with Gasteiger partial charge in [-0.1, -0.05) is 24.6 Å². The largest absolute Gasteiger partial charge is 0.479 e. The van der Waals surface area contributed by atoms with E-state index in [0.717, 1.165) is 5.56 Å². The lowest BCUT2D eigenvalue weighted by atomic mass is 10.2. The highest BCUT2D eigenvalue weighted by Crippen LogP contribution is 2.27. The molecule has 0 aromatic heterocycles. The molecule has 1 aliphatic heterocycles. The SMILES string of the molecule is CC[C@H](Oc1cc(C)ccc1Cl)C(=O)N1CCOCC1. The van der Waals surface area contributed by atoms with E-state index in [1.165, 1.54) is 0 Å². The maximum Gasteiger partial charge on any atom is 0.263 e. The van der Waals surface area contributed by atoms with Crippen LogP contribution in [-0.2, 0) is 9.53 Å². The van der Waals surface area contributed by atoms with Crippen LogP contribution in [0, 0.1) is 6.92 Å². The van der Waals surface area contributed by atoms with Gasteiger partial charge in [-0.25, -0.2) is 0 Å². The van der Waals surface area contributed by atoms with Crippen LogP contribution in [0.5, 0.6) is 5.75 Å². The first kappa shape index (κ1) is 15.1. The number of ether oxygens (including phenoxy) is 2. The van der Waals surface area contributed by atoms with Crippen molar-refractivity contribution < 1.29 is 14.3 Å². The second-order valence-corrected chi connectivity index (χ2v) is 5.29. The highest BCUT2D eigenvalue weighted by molar-refractivity contribution is 6.32. The Bertz CT molecular complexity index is 472. The fourth-order valence-corrected chi connectivity index (χ4v) is 2.31. The minimum Gasteiger partial charge on any atom is -0.479 e. The molecule has 1 heterocycles. The molecule has 1 aromatic rings. The third-order valence-electron chi connectivity index (χ3n) is 3.32. The molecule has 0 spiro atoms. The minimum absolute atomic E-state index is 0.00775. The van der Waals surface area contributed by atoms with Crippen molar-refractivity contribution in [2.45, 2.75) is 26.4 Å². The zero-order valence-corrected chi connectivity index (χ0v) is 12.7. The first-order valence-corrected chi connectivity index (χ1v) is 7.29. The summed E-state index contributed by atoms with van der Waals surface area (Å²) in [6.07, 6.45) is 0.118. The number of carbonyl (C=O) groups is 1. The number of nitrogens with zero attached hydrogens (tertiary/aromatic N) is 1. The zero-order valence-electron chi connectivity index (χ0n) is 11.9. The van der Waals surface area contributed by atoms with Crippen molar-refractivity contribution in [3.63, 3.8) is 0 Å². The van der Waals surface area contributed by atoms with Gasteiger partial charge in [0.1, 0.15) is 5.75 Å². The standard InChI is InChI=1S/C15H20ClNO3/c1-3-13(15(18)17-6-8-19-9-7-17)20-14-10-11(2)4-5-12(14)16/h4-5,10,13H,3,6-9H2,1-2H3/t13-/m0/s1. The van der Waals surface area contributed by atoms with Gasteiger partial charge in [-0.2, -0.15) is 0 Å². The van der Waals surface area contributed by atoms with Crippen molar-refractivity contribution in [1.82, 2.24) is 4.90 Å². The molecular weight excluding hydrogens is 278 g/mol. The van der Waals surface area contributed by atoms with Crippen molar-refractivity contribution in [2.24, 2.45) is 0 Å². The molecule has 2 rings (SSSR count). The predicted octanol–water partition coefficient (Wildman–Crippen LogP) is 2.66. The molecule has 0 radical (unpaired) electrons. The molecule has 4 nitrogen and oxygen atoms in total. The molecule has 0 bridgehead atoms. The number of aryl methyl sites for hydroxylation is 1. The Labute approximate surface area is 124 Å². The molecule has 1 atom stereocenters. The first-order valence-electron chi connectivity index (χ1n) is 6.91. The van der Waals surface area contributed by atoms with Gasteiger partial charge in [0.2, 0.25) is 0 Å². The van der Waals surface area contributed by atoms with E-state index >= 15 is 0 Å². The number of halogens is 1. The monoisotopic (exact) mass is 297 g/mol. The van der Waals surface area contributed by atoms with Crippen LogP contribution in [0.15, 0.2) is 18.2 Å².